The van der Waals surface area contributed by atoms with Crippen LogP contribution in [0, 0.1) is 5.92 Å². The van der Waals surface area contributed by atoms with Crippen LogP contribution in [0.2, 0.25) is 0 Å². The molecular weight excluding hydrogens is 260 g/mol. The smallest absolute Gasteiger partial charge is 0.127 e. The topological polar surface area (TPSA) is 29.5 Å². The van der Waals surface area contributed by atoms with Crippen molar-refractivity contribution < 1.29 is 9.84 Å². The van der Waals surface area contributed by atoms with Crippen molar-refractivity contribution in [3.8, 4) is 11.5 Å². The first-order chi connectivity index (χ1) is 10.3. The van der Waals surface area contributed by atoms with Crippen LogP contribution in [0.5, 0.6) is 11.5 Å². The third-order valence-corrected chi connectivity index (χ3v) is 3.88. The number of rotatable bonds is 4. The molecule has 0 aliphatic heterocycles. The Morgan fingerprint density at radius 2 is 1.81 bits per heavy atom. The highest BCUT2D eigenvalue weighted by Gasteiger charge is 2.20. The molecule has 108 valence electrons. The van der Waals surface area contributed by atoms with E-state index in [2.05, 4.69) is 12.2 Å². The fourth-order valence-corrected chi connectivity index (χ4v) is 2.74. The molecule has 0 saturated carbocycles. The molecule has 1 aliphatic rings. The number of allylic oxidation sites excluding steroid dienone is 1. The fraction of sp³-hybridized carbons (Fsp3) is 0.263. The van der Waals surface area contributed by atoms with Crippen LogP contribution < -0.4 is 4.74 Å². The lowest BCUT2D eigenvalue weighted by Gasteiger charge is -2.23. The summed E-state index contributed by atoms with van der Waals surface area (Å²) in [5.41, 5.74) is 0.917. The first-order valence-electron chi connectivity index (χ1n) is 7.50. The Labute approximate surface area is 125 Å². The molecule has 1 N–H and O–H groups in total. The van der Waals surface area contributed by atoms with Gasteiger partial charge in [0.2, 0.25) is 0 Å². The number of ether oxygens (including phenoxy) is 1. The second kappa shape index (κ2) is 6.59. The highest BCUT2D eigenvalue weighted by atomic mass is 16.5. The summed E-state index contributed by atoms with van der Waals surface area (Å²) in [5.74, 6) is 1.78. The summed E-state index contributed by atoms with van der Waals surface area (Å²) in [6.45, 7) is 0. The Hall–Kier alpha value is -2.06. The molecule has 0 bridgehead atoms. The number of para-hydroxylation sites is 1. The number of benzene rings is 2. The minimum Gasteiger partial charge on any atom is -0.457 e. The molecule has 0 unspecified atom stereocenters. The van der Waals surface area contributed by atoms with Gasteiger partial charge in [0.25, 0.3) is 0 Å². The SMILES string of the molecule is O[C@@H](c1cccc(Oc2ccccc2)c1)[C@H]1C=CCCC1. The molecule has 21 heavy (non-hydrogen) atoms. The molecule has 0 spiro atoms. The highest BCUT2D eigenvalue weighted by Crippen LogP contribution is 2.32. The van der Waals surface area contributed by atoms with Crippen LogP contribution in [-0.2, 0) is 0 Å². The van der Waals surface area contributed by atoms with Crippen LogP contribution in [0.15, 0.2) is 66.7 Å². The molecule has 0 heterocycles. The average Bonchev–Trinajstić information content (AvgIpc) is 2.56. The summed E-state index contributed by atoms with van der Waals surface area (Å²) < 4.78 is 5.83. The van der Waals surface area contributed by atoms with Gasteiger partial charge in [-0.05, 0) is 49.1 Å². The summed E-state index contributed by atoms with van der Waals surface area (Å²) in [4.78, 5) is 0. The Morgan fingerprint density at radius 1 is 1.00 bits per heavy atom. The zero-order valence-electron chi connectivity index (χ0n) is 12.0. The summed E-state index contributed by atoms with van der Waals surface area (Å²) in [6, 6.07) is 17.4. The van der Waals surface area contributed by atoms with Crippen molar-refractivity contribution in [2.24, 2.45) is 5.92 Å². The Balaban J connectivity index is 1.76. The van der Waals surface area contributed by atoms with Crippen molar-refractivity contribution in [1.29, 1.82) is 0 Å². The number of aliphatic hydroxyl groups is 1. The highest BCUT2D eigenvalue weighted by molar-refractivity contribution is 5.35. The minimum atomic E-state index is -0.458. The molecule has 0 fully saturated rings. The van der Waals surface area contributed by atoms with Gasteiger partial charge in [-0.2, -0.15) is 0 Å². The van der Waals surface area contributed by atoms with Gasteiger partial charge in [-0.3, -0.25) is 0 Å². The first-order valence-corrected chi connectivity index (χ1v) is 7.50. The van der Waals surface area contributed by atoms with Gasteiger partial charge in [0.1, 0.15) is 11.5 Å². The van der Waals surface area contributed by atoms with Gasteiger partial charge in [-0.15, -0.1) is 0 Å². The van der Waals surface area contributed by atoms with E-state index < -0.39 is 6.10 Å². The maximum absolute atomic E-state index is 10.5. The van der Waals surface area contributed by atoms with Gasteiger partial charge in [0, 0.05) is 5.92 Å². The molecule has 0 amide bonds. The van der Waals surface area contributed by atoms with Gasteiger partial charge >= 0.3 is 0 Å². The van der Waals surface area contributed by atoms with E-state index in [0.717, 1.165) is 36.3 Å². The van der Waals surface area contributed by atoms with E-state index >= 15 is 0 Å². The van der Waals surface area contributed by atoms with Gasteiger partial charge in [-0.25, -0.2) is 0 Å². The van der Waals surface area contributed by atoms with Crippen LogP contribution in [0.3, 0.4) is 0 Å². The van der Waals surface area contributed by atoms with Crippen molar-refractivity contribution in [2.45, 2.75) is 25.4 Å². The number of hydrogen-bond donors (Lipinski definition) is 1. The van der Waals surface area contributed by atoms with Crippen LogP contribution in [0.4, 0.5) is 0 Å². The largest absolute Gasteiger partial charge is 0.457 e. The molecule has 2 atom stereocenters. The van der Waals surface area contributed by atoms with Gasteiger partial charge in [-0.1, -0.05) is 42.5 Å². The Morgan fingerprint density at radius 3 is 2.57 bits per heavy atom. The minimum absolute atomic E-state index is 0.214. The third-order valence-electron chi connectivity index (χ3n) is 3.88. The molecule has 0 aromatic heterocycles. The fourth-order valence-electron chi connectivity index (χ4n) is 2.74. The maximum Gasteiger partial charge on any atom is 0.127 e. The predicted octanol–water partition coefficient (Wildman–Crippen LogP) is 4.87. The van der Waals surface area contributed by atoms with Gasteiger partial charge < -0.3 is 9.84 Å². The van der Waals surface area contributed by atoms with Crippen molar-refractivity contribution in [1.82, 2.24) is 0 Å². The molecular formula is C19H20O2. The van der Waals surface area contributed by atoms with Gasteiger partial charge in [0.15, 0.2) is 0 Å². The molecule has 2 aromatic rings. The first kappa shape index (κ1) is 13.9. The summed E-state index contributed by atoms with van der Waals surface area (Å²) in [7, 11) is 0. The van der Waals surface area contributed by atoms with Crippen molar-refractivity contribution >= 4 is 0 Å². The van der Waals surface area contributed by atoms with E-state index in [1.165, 1.54) is 0 Å². The summed E-state index contributed by atoms with van der Waals surface area (Å²) >= 11 is 0. The molecule has 2 aromatic carbocycles. The monoisotopic (exact) mass is 280 g/mol. The molecule has 1 aliphatic carbocycles. The van der Waals surface area contributed by atoms with Crippen molar-refractivity contribution in [3.05, 3.63) is 72.3 Å². The third kappa shape index (κ3) is 3.53. The summed E-state index contributed by atoms with van der Waals surface area (Å²) in [6.07, 6.45) is 7.17. The van der Waals surface area contributed by atoms with E-state index in [0.29, 0.717) is 0 Å². The van der Waals surface area contributed by atoms with E-state index in [1.807, 2.05) is 54.6 Å². The lowest BCUT2D eigenvalue weighted by atomic mass is 9.87. The van der Waals surface area contributed by atoms with Crippen molar-refractivity contribution in [2.75, 3.05) is 0 Å². The molecule has 0 saturated heterocycles. The molecule has 0 radical (unpaired) electrons. The lowest BCUT2D eigenvalue weighted by Crippen LogP contribution is -2.12. The average molecular weight is 280 g/mol. The second-order valence-electron chi connectivity index (χ2n) is 5.46. The zero-order valence-corrected chi connectivity index (χ0v) is 12.0. The van der Waals surface area contributed by atoms with Gasteiger partial charge in [0.05, 0.1) is 6.10 Å². The Kier molecular flexibility index (Phi) is 4.37. The van der Waals surface area contributed by atoms with E-state index in [9.17, 15) is 5.11 Å². The van der Waals surface area contributed by atoms with E-state index in [4.69, 9.17) is 4.74 Å². The zero-order chi connectivity index (χ0) is 14.5. The Bertz CT molecular complexity index is 604. The van der Waals surface area contributed by atoms with E-state index in [-0.39, 0.29) is 5.92 Å². The normalized spacial score (nSPS) is 19.2. The van der Waals surface area contributed by atoms with Crippen LogP contribution in [0.25, 0.3) is 0 Å². The predicted molar refractivity (Wildman–Crippen MR) is 84.4 cm³/mol. The quantitative estimate of drug-likeness (QED) is 0.810. The summed E-state index contributed by atoms with van der Waals surface area (Å²) in [5, 5.41) is 10.5. The van der Waals surface area contributed by atoms with Crippen LogP contribution >= 0.6 is 0 Å². The lowest BCUT2D eigenvalue weighted by molar-refractivity contribution is 0.123. The standard InChI is InChI=1S/C19H20O2/c20-19(15-8-3-1-4-9-15)16-10-7-13-18(14-16)21-17-11-5-2-6-12-17/h2-3,5-8,10-15,19-20H,1,4,9H2/t15-,19+/m0/s1. The van der Waals surface area contributed by atoms with Crippen LogP contribution in [-0.4, -0.2) is 5.11 Å². The van der Waals surface area contributed by atoms with Crippen LogP contribution in [0.1, 0.15) is 30.9 Å². The van der Waals surface area contributed by atoms with Crippen molar-refractivity contribution in [3.63, 3.8) is 0 Å². The second-order valence-corrected chi connectivity index (χ2v) is 5.46. The maximum atomic E-state index is 10.5. The molecule has 2 heteroatoms. The molecule has 3 rings (SSSR count). The molecule has 2 nitrogen and oxygen atoms in total. The van der Waals surface area contributed by atoms with E-state index in [1.54, 1.807) is 0 Å². The number of aliphatic hydroxyl groups excluding tert-OH is 1. The number of hydrogen-bond acceptors (Lipinski definition) is 2.